The Kier molecular flexibility index (Phi) is 5.70. The second-order valence-electron chi connectivity index (χ2n) is 3.62. The fraction of sp³-hybridized carbons (Fsp3) is 0.385. The molecule has 0 aliphatic rings. The van der Waals surface area contributed by atoms with Gasteiger partial charge in [-0.2, -0.15) is 0 Å². The molecule has 0 unspecified atom stereocenters. The van der Waals surface area contributed by atoms with Crippen LogP contribution in [0.2, 0.25) is 0 Å². The summed E-state index contributed by atoms with van der Waals surface area (Å²) in [6, 6.07) is 7.49. The lowest BCUT2D eigenvalue weighted by Gasteiger charge is -2.05. The fourth-order valence-corrected chi connectivity index (χ4v) is 1.46. The number of oxime groups is 1. The molecule has 0 saturated heterocycles. The second-order valence-corrected chi connectivity index (χ2v) is 3.62. The molecule has 1 aromatic carbocycles. The molecule has 1 N–H and O–H groups in total. The first kappa shape index (κ1) is 14.0. The number of carbonyl (C=O) groups is 1. The molecule has 18 heavy (non-hydrogen) atoms. The lowest BCUT2D eigenvalue weighted by molar-refractivity contribution is -0.135. The Morgan fingerprint density at radius 2 is 2.00 bits per heavy atom. The van der Waals surface area contributed by atoms with E-state index in [1.807, 2.05) is 24.3 Å². The van der Waals surface area contributed by atoms with Gasteiger partial charge in [0, 0.05) is 6.42 Å². The van der Waals surface area contributed by atoms with Crippen LogP contribution < -0.4 is 4.74 Å². The Labute approximate surface area is 106 Å². The van der Waals surface area contributed by atoms with E-state index in [4.69, 9.17) is 14.7 Å². The minimum Gasteiger partial charge on any atom is -0.497 e. The van der Waals surface area contributed by atoms with E-state index in [1.54, 1.807) is 14.0 Å². The maximum absolute atomic E-state index is 11.4. The predicted molar refractivity (Wildman–Crippen MR) is 67.2 cm³/mol. The number of hydrogen-bond donors (Lipinski definition) is 1. The Balaban J connectivity index is 2.54. The summed E-state index contributed by atoms with van der Waals surface area (Å²) in [6.07, 6.45) is 0.934. The zero-order chi connectivity index (χ0) is 13.4. The van der Waals surface area contributed by atoms with Crippen LogP contribution in [0.3, 0.4) is 0 Å². The third-order valence-corrected chi connectivity index (χ3v) is 2.44. The van der Waals surface area contributed by atoms with Crippen LogP contribution in [0.25, 0.3) is 0 Å². The maximum atomic E-state index is 11.4. The summed E-state index contributed by atoms with van der Waals surface area (Å²) in [4.78, 5) is 11.4. The SMILES string of the molecule is CCOC(=O)/C(CCc1ccc(OC)cc1)=N\O. The molecular formula is C13H17NO4. The van der Waals surface area contributed by atoms with Crippen molar-refractivity contribution in [3.8, 4) is 5.75 Å². The molecule has 0 aromatic heterocycles. The molecule has 5 nitrogen and oxygen atoms in total. The van der Waals surface area contributed by atoms with E-state index in [2.05, 4.69) is 5.16 Å². The second kappa shape index (κ2) is 7.32. The van der Waals surface area contributed by atoms with Gasteiger partial charge in [0.15, 0.2) is 5.71 Å². The van der Waals surface area contributed by atoms with Crippen LogP contribution in [0.5, 0.6) is 5.75 Å². The van der Waals surface area contributed by atoms with Crippen molar-refractivity contribution in [3.05, 3.63) is 29.8 Å². The Bertz CT molecular complexity index is 412. The van der Waals surface area contributed by atoms with Gasteiger partial charge in [0.25, 0.3) is 0 Å². The van der Waals surface area contributed by atoms with Crippen molar-refractivity contribution in [2.45, 2.75) is 19.8 Å². The van der Waals surface area contributed by atoms with E-state index in [-0.39, 0.29) is 12.3 Å². The Morgan fingerprint density at radius 3 is 2.50 bits per heavy atom. The molecule has 0 atom stereocenters. The minimum absolute atomic E-state index is 0.0349. The highest BCUT2D eigenvalue weighted by Crippen LogP contribution is 2.13. The number of aryl methyl sites for hydroxylation is 1. The summed E-state index contributed by atoms with van der Waals surface area (Å²) in [7, 11) is 1.60. The molecule has 0 heterocycles. The molecule has 1 aromatic rings. The maximum Gasteiger partial charge on any atom is 0.356 e. The number of rotatable bonds is 6. The average Bonchev–Trinajstić information content (AvgIpc) is 2.40. The largest absolute Gasteiger partial charge is 0.497 e. The molecule has 0 spiro atoms. The molecule has 98 valence electrons. The summed E-state index contributed by atoms with van der Waals surface area (Å²) in [5, 5.41) is 11.7. The first-order valence-electron chi connectivity index (χ1n) is 5.72. The Morgan fingerprint density at radius 1 is 1.33 bits per heavy atom. The van der Waals surface area contributed by atoms with Crippen LogP contribution in [0.1, 0.15) is 18.9 Å². The van der Waals surface area contributed by atoms with Crippen molar-refractivity contribution >= 4 is 11.7 Å². The molecule has 0 aliphatic heterocycles. The summed E-state index contributed by atoms with van der Waals surface area (Å²) in [5.74, 6) is 0.203. The van der Waals surface area contributed by atoms with Gasteiger partial charge >= 0.3 is 5.97 Å². The van der Waals surface area contributed by atoms with Crippen molar-refractivity contribution in [1.82, 2.24) is 0 Å². The first-order valence-corrected chi connectivity index (χ1v) is 5.72. The van der Waals surface area contributed by atoms with Crippen LogP contribution in [0, 0.1) is 0 Å². The number of benzene rings is 1. The zero-order valence-electron chi connectivity index (χ0n) is 10.5. The third-order valence-electron chi connectivity index (χ3n) is 2.44. The van der Waals surface area contributed by atoms with Crippen LogP contribution >= 0.6 is 0 Å². The van der Waals surface area contributed by atoms with E-state index in [1.165, 1.54) is 0 Å². The molecule has 1 rings (SSSR count). The third kappa shape index (κ3) is 4.08. The monoisotopic (exact) mass is 251 g/mol. The normalized spacial score (nSPS) is 11.1. The summed E-state index contributed by atoms with van der Waals surface area (Å²) < 4.78 is 9.82. The molecule has 5 heteroatoms. The highest BCUT2D eigenvalue weighted by Gasteiger charge is 2.13. The van der Waals surface area contributed by atoms with Crippen LogP contribution in [-0.2, 0) is 16.0 Å². The highest BCUT2D eigenvalue weighted by atomic mass is 16.5. The van der Waals surface area contributed by atoms with Crippen LogP contribution in [0.4, 0.5) is 0 Å². The van der Waals surface area contributed by atoms with E-state index in [9.17, 15) is 4.79 Å². The molecule has 0 radical (unpaired) electrons. The molecule has 0 amide bonds. The van der Waals surface area contributed by atoms with Gasteiger partial charge in [-0.05, 0) is 31.0 Å². The molecule has 0 aliphatic carbocycles. The summed E-state index contributed by atoms with van der Waals surface area (Å²) in [6.45, 7) is 1.97. The van der Waals surface area contributed by atoms with E-state index < -0.39 is 5.97 Å². The smallest absolute Gasteiger partial charge is 0.356 e. The van der Waals surface area contributed by atoms with Gasteiger partial charge in [0.1, 0.15) is 5.75 Å². The van der Waals surface area contributed by atoms with Crippen molar-refractivity contribution in [3.63, 3.8) is 0 Å². The number of methoxy groups -OCH3 is 1. The minimum atomic E-state index is -0.575. The lowest BCUT2D eigenvalue weighted by Crippen LogP contribution is -2.18. The standard InChI is InChI=1S/C13H17NO4/c1-3-18-13(15)12(14-16)9-6-10-4-7-11(17-2)8-5-10/h4-5,7-8,16H,3,6,9H2,1-2H3/b14-12-. The van der Waals surface area contributed by atoms with Gasteiger partial charge in [0.2, 0.25) is 0 Å². The summed E-state index contributed by atoms with van der Waals surface area (Å²) in [5.41, 5.74) is 1.06. The van der Waals surface area contributed by atoms with Crippen LogP contribution in [-0.4, -0.2) is 30.6 Å². The average molecular weight is 251 g/mol. The number of esters is 1. The molecule has 0 saturated carbocycles. The van der Waals surface area contributed by atoms with Crippen molar-refractivity contribution in [1.29, 1.82) is 0 Å². The van der Waals surface area contributed by atoms with Gasteiger partial charge < -0.3 is 14.7 Å². The van der Waals surface area contributed by atoms with E-state index in [0.29, 0.717) is 12.8 Å². The van der Waals surface area contributed by atoms with Gasteiger partial charge in [-0.3, -0.25) is 0 Å². The zero-order valence-corrected chi connectivity index (χ0v) is 10.5. The van der Waals surface area contributed by atoms with Crippen LogP contribution in [0.15, 0.2) is 29.4 Å². The number of carbonyl (C=O) groups excluding carboxylic acids is 1. The van der Waals surface area contributed by atoms with E-state index in [0.717, 1.165) is 11.3 Å². The van der Waals surface area contributed by atoms with Gasteiger partial charge in [-0.15, -0.1) is 0 Å². The predicted octanol–water partition coefficient (Wildman–Crippen LogP) is 2.02. The van der Waals surface area contributed by atoms with Gasteiger partial charge in [-0.1, -0.05) is 17.3 Å². The quantitative estimate of drug-likeness (QED) is 0.363. The van der Waals surface area contributed by atoms with Crippen molar-refractivity contribution in [2.24, 2.45) is 5.16 Å². The van der Waals surface area contributed by atoms with Crippen molar-refractivity contribution in [2.75, 3.05) is 13.7 Å². The number of nitrogens with zero attached hydrogens (tertiary/aromatic N) is 1. The highest BCUT2D eigenvalue weighted by molar-refractivity contribution is 6.36. The van der Waals surface area contributed by atoms with Crippen molar-refractivity contribution < 1.29 is 19.5 Å². The first-order chi connectivity index (χ1) is 8.71. The number of hydrogen-bond acceptors (Lipinski definition) is 5. The van der Waals surface area contributed by atoms with Gasteiger partial charge in [-0.25, -0.2) is 4.79 Å². The molecular weight excluding hydrogens is 234 g/mol. The lowest BCUT2D eigenvalue weighted by atomic mass is 10.1. The van der Waals surface area contributed by atoms with E-state index >= 15 is 0 Å². The summed E-state index contributed by atoms with van der Waals surface area (Å²) >= 11 is 0. The molecule has 0 bridgehead atoms. The number of ether oxygens (including phenoxy) is 2. The van der Waals surface area contributed by atoms with Gasteiger partial charge in [0.05, 0.1) is 13.7 Å². The Hall–Kier alpha value is -2.04. The fourth-order valence-electron chi connectivity index (χ4n) is 1.46. The molecule has 0 fully saturated rings. The topological polar surface area (TPSA) is 68.1 Å².